The lowest BCUT2D eigenvalue weighted by Crippen LogP contribution is -2.29. The second-order valence-corrected chi connectivity index (χ2v) is 5.07. The number of hydrogen-bond donors (Lipinski definition) is 1. The van der Waals surface area contributed by atoms with Gasteiger partial charge in [-0.3, -0.25) is 0 Å². The van der Waals surface area contributed by atoms with Crippen molar-refractivity contribution in [2.45, 2.75) is 25.1 Å². The second kappa shape index (κ2) is 6.76. The smallest absolute Gasteiger partial charge is 0.316 e. The molecule has 4 heteroatoms. The number of likely N-dealkylation sites (N-methyl/N-ethyl adjacent to an activating group) is 1. The molecule has 2 rings (SSSR count). The zero-order chi connectivity index (χ0) is 15.3. The Balaban J connectivity index is 2.02. The molecule has 1 nitrogen and oxygen atoms in total. The van der Waals surface area contributed by atoms with Crippen LogP contribution in [0, 0.1) is 0 Å². The molecule has 0 radical (unpaired) electrons. The monoisotopic (exact) mass is 293 g/mol. The van der Waals surface area contributed by atoms with E-state index >= 15 is 0 Å². The minimum Gasteiger partial charge on any atom is -0.316 e. The second-order valence-electron chi connectivity index (χ2n) is 5.07. The van der Waals surface area contributed by atoms with Gasteiger partial charge in [-0.2, -0.15) is 13.2 Å². The molecule has 2 aromatic carbocycles. The van der Waals surface area contributed by atoms with E-state index in [-0.39, 0.29) is 6.04 Å². The molecule has 0 heterocycles. The summed E-state index contributed by atoms with van der Waals surface area (Å²) in [5.41, 5.74) is 1.51. The number of nitrogens with one attached hydrogen (secondary N) is 1. The summed E-state index contributed by atoms with van der Waals surface area (Å²) in [7, 11) is 1.87. The Kier molecular flexibility index (Phi) is 5.02. The van der Waals surface area contributed by atoms with Crippen LogP contribution >= 0.6 is 0 Å². The van der Waals surface area contributed by atoms with E-state index < -0.39 is 11.7 Å². The molecule has 1 unspecified atom stereocenters. The van der Waals surface area contributed by atoms with Crippen LogP contribution in [-0.2, 0) is 19.0 Å². The maximum Gasteiger partial charge on any atom is 0.416 e. The number of rotatable bonds is 5. The Bertz CT molecular complexity index is 546. The maximum absolute atomic E-state index is 12.5. The molecule has 0 spiro atoms. The summed E-state index contributed by atoms with van der Waals surface area (Å²) in [5.74, 6) is 0. The van der Waals surface area contributed by atoms with Gasteiger partial charge in [-0.1, -0.05) is 42.5 Å². The molecule has 21 heavy (non-hydrogen) atoms. The minimum atomic E-state index is -4.27. The Hall–Kier alpha value is -1.81. The molecular formula is C17H18F3N. The Labute approximate surface area is 122 Å². The highest BCUT2D eigenvalue weighted by Gasteiger charge is 2.29. The van der Waals surface area contributed by atoms with Crippen molar-refractivity contribution in [2.75, 3.05) is 7.05 Å². The SMILES string of the molecule is CNC(Cc1ccccc1)Cc1ccc(C(F)(F)F)cc1. The predicted octanol–water partition coefficient (Wildman–Crippen LogP) is 4.08. The van der Waals surface area contributed by atoms with Gasteiger partial charge >= 0.3 is 6.18 Å². The largest absolute Gasteiger partial charge is 0.416 e. The fourth-order valence-corrected chi connectivity index (χ4v) is 2.29. The van der Waals surface area contributed by atoms with E-state index in [9.17, 15) is 13.2 Å². The van der Waals surface area contributed by atoms with Crippen LogP contribution in [0.25, 0.3) is 0 Å². The molecule has 0 fully saturated rings. The standard InChI is InChI=1S/C17H18F3N/c1-21-16(11-13-5-3-2-4-6-13)12-14-7-9-15(10-8-14)17(18,19)20/h2-10,16,21H,11-12H2,1H3. The van der Waals surface area contributed by atoms with Gasteiger partial charge in [0.05, 0.1) is 5.56 Å². The topological polar surface area (TPSA) is 12.0 Å². The lowest BCUT2D eigenvalue weighted by molar-refractivity contribution is -0.137. The zero-order valence-electron chi connectivity index (χ0n) is 11.8. The van der Waals surface area contributed by atoms with Crippen molar-refractivity contribution in [1.82, 2.24) is 5.32 Å². The van der Waals surface area contributed by atoms with Gasteiger partial charge in [-0.25, -0.2) is 0 Å². The van der Waals surface area contributed by atoms with Gasteiger partial charge in [0.1, 0.15) is 0 Å². The summed E-state index contributed by atoms with van der Waals surface area (Å²) < 4.78 is 37.6. The molecule has 112 valence electrons. The summed E-state index contributed by atoms with van der Waals surface area (Å²) in [6, 6.07) is 15.6. The van der Waals surface area contributed by atoms with Gasteiger partial charge < -0.3 is 5.32 Å². The van der Waals surface area contributed by atoms with Crippen LogP contribution in [0.4, 0.5) is 13.2 Å². The van der Waals surface area contributed by atoms with Crippen LogP contribution in [0.3, 0.4) is 0 Å². The van der Waals surface area contributed by atoms with Gasteiger partial charge in [0.25, 0.3) is 0 Å². The van der Waals surface area contributed by atoms with Crippen LogP contribution < -0.4 is 5.32 Å². The average Bonchev–Trinajstić information content (AvgIpc) is 2.47. The Morgan fingerprint density at radius 2 is 1.38 bits per heavy atom. The summed E-state index contributed by atoms with van der Waals surface area (Å²) in [6.45, 7) is 0. The third-order valence-corrected chi connectivity index (χ3v) is 3.50. The average molecular weight is 293 g/mol. The summed E-state index contributed by atoms with van der Waals surface area (Å²) in [5, 5.41) is 3.22. The molecule has 0 aliphatic carbocycles. The molecule has 1 N–H and O–H groups in total. The molecule has 0 aliphatic rings. The van der Waals surface area contributed by atoms with Crippen LogP contribution in [0.5, 0.6) is 0 Å². The molecule has 0 amide bonds. The van der Waals surface area contributed by atoms with E-state index in [0.29, 0.717) is 6.42 Å². The molecule has 0 aromatic heterocycles. The summed E-state index contributed by atoms with van der Waals surface area (Å²) in [6.07, 6.45) is -2.73. The first-order valence-electron chi connectivity index (χ1n) is 6.86. The molecule has 0 aliphatic heterocycles. The van der Waals surface area contributed by atoms with E-state index in [2.05, 4.69) is 17.4 Å². The highest BCUT2D eigenvalue weighted by Crippen LogP contribution is 2.29. The third kappa shape index (κ3) is 4.60. The molecule has 0 saturated carbocycles. The van der Waals surface area contributed by atoms with Crippen LogP contribution in [0.15, 0.2) is 54.6 Å². The van der Waals surface area contributed by atoms with Crippen molar-refractivity contribution >= 4 is 0 Å². The Morgan fingerprint density at radius 3 is 1.86 bits per heavy atom. The summed E-state index contributed by atoms with van der Waals surface area (Å²) in [4.78, 5) is 0. The van der Waals surface area contributed by atoms with Crippen LogP contribution in [0.2, 0.25) is 0 Å². The van der Waals surface area contributed by atoms with Crippen molar-refractivity contribution in [2.24, 2.45) is 0 Å². The van der Waals surface area contributed by atoms with E-state index in [1.165, 1.54) is 5.56 Å². The van der Waals surface area contributed by atoms with Crippen molar-refractivity contribution in [3.8, 4) is 0 Å². The van der Waals surface area contributed by atoms with Crippen molar-refractivity contribution in [3.63, 3.8) is 0 Å². The molecule has 0 saturated heterocycles. The highest BCUT2D eigenvalue weighted by atomic mass is 19.4. The fourth-order valence-electron chi connectivity index (χ4n) is 2.29. The molecule has 0 bridgehead atoms. The van der Waals surface area contributed by atoms with Crippen LogP contribution in [0.1, 0.15) is 16.7 Å². The number of halogens is 3. The summed E-state index contributed by atoms with van der Waals surface area (Å²) >= 11 is 0. The van der Waals surface area contributed by atoms with E-state index in [1.807, 2.05) is 25.2 Å². The van der Waals surface area contributed by atoms with Gasteiger partial charge in [0, 0.05) is 6.04 Å². The number of hydrogen-bond acceptors (Lipinski definition) is 1. The predicted molar refractivity (Wildman–Crippen MR) is 78.1 cm³/mol. The van der Waals surface area contributed by atoms with Gasteiger partial charge in [-0.05, 0) is 43.1 Å². The number of benzene rings is 2. The molecule has 1 atom stereocenters. The first-order valence-corrected chi connectivity index (χ1v) is 6.86. The Morgan fingerprint density at radius 1 is 0.857 bits per heavy atom. The normalized spacial score (nSPS) is 13.1. The van der Waals surface area contributed by atoms with E-state index in [1.54, 1.807) is 12.1 Å². The van der Waals surface area contributed by atoms with Crippen molar-refractivity contribution < 1.29 is 13.2 Å². The van der Waals surface area contributed by atoms with E-state index in [4.69, 9.17) is 0 Å². The van der Waals surface area contributed by atoms with Crippen LogP contribution in [-0.4, -0.2) is 13.1 Å². The number of alkyl halides is 3. The third-order valence-electron chi connectivity index (χ3n) is 3.50. The van der Waals surface area contributed by atoms with Crippen molar-refractivity contribution in [1.29, 1.82) is 0 Å². The van der Waals surface area contributed by atoms with Crippen molar-refractivity contribution in [3.05, 3.63) is 71.3 Å². The molecular weight excluding hydrogens is 275 g/mol. The van der Waals surface area contributed by atoms with Gasteiger partial charge in [-0.15, -0.1) is 0 Å². The van der Waals surface area contributed by atoms with Gasteiger partial charge in [0.2, 0.25) is 0 Å². The first kappa shape index (κ1) is 15.6. The zero-order valence-corrected chi connectivity index (χ0v) is 11.8. The van der Waals surface area contributed by atoms with E-state index in [0.717, 1.165) is 24.1 Å². The highest BCUT2D eigenvalue weighted by molar-refractivity contribution is 5.26. The fraction of sp³-hybridized carbons (Fsp3) is 0.294. The quantitative estimate of drug-likeness (QED) is 0.876. The van der Waals surface area contributed by atoms with Gasteiger partial charge in [0.15, 0.2) is 0 Å². The maximum atomic E-state index is 12.5. The first-order chi connectivity index (χ1) is 9.99. The lowest BCUT2D eigenvalue weighted by Gasteiger charge is -2.17. The lowest BCUT2D eigenvalue weighted by atomic mass is 9.98. The molecule has 2 aromatic rings. The minimum absolute atomic E-state index is 0.198.